The highest BCUT2D eigenvalue weighted by Crippen LogP contribution is 2.23. The number of rotatable bonds is 13. The first-order valence-electron chi connectivity index (χ1n) is 9.03. The van der Waals surface area contributed by atoms with Crippen molar-refractivity contribution in [3.8, 4) is 0 Å². The topological polar surface area (TPSA) is 26.3 Å². The second kappa shape index (κ2) is 14.3. The minimum absolute atomic E-state index is 0.184. The lowest BCUT2D eigenvalue weighted by Gasteiger charge is -2.13. The van der Waals surface area contributed by atoms with Crippen LogP contribution in [-0.2, 0) is 9.53 Å². The van der Waals surface area contributed by atoms with E-state index in [2.05, 4.69) is 22.9 Å². The van der Waals surface area contributed by atoms with Crippen molar-refractivity contribution in [1.82, 2.24) is 0 Å². The molecule has 0 spiro atoms. The monoisotopic (exact) mass is 374 g/mol. The predicted octanol–water partition coefficient (Wildman–Crippen LogP) is 6.57. The standard InChI is InChI=1S/C19H35BrO2/c1-5-7-8-9-10-11-12-13-14-15-18(20)16(3)17(4)19(21)22-6-2/h18H,5-15H2,1-4H3. The molecule has 0 aliphatic heterocycles. The van der Waals surface area contributed by atoms with Crippen molar-refractivity contribution in [2.75, 3.05) is 6.61 Å². The quantitative estimate of drug-likeness (QED) is 0.157. The van der Waals surface area contributed by atoms with E-state index < -0.39 is 0 Å². The van der Waals surface area contributed by atoms with Crippen molar-refractivity contribution in [1.29, 1.82) is 0 Å². The molecule has 3 heteroatoms. The van der Waals surface area contributed by atoms with Crippen LogP contribution >= 0.6 is 15.9 Å². The lowest BCUT2D eigenvalue weighted by atomic mass is 10.0. The van der Waals surface area contributed by atoms with E-state index in [0.29, 0.717) is 11.4 Å². The lowest BCUT2D eigenvalue weighted by molar-refractivity contribution is -0.138. The van der Waals surface area contributed by atoms with Gasteiger partial charge in [0.1, 0.15) is 0 Å². The maximum absolute atomic E-state index is 11.7. The number of ether oxygens (including phenoxy) is 1. The van der Waals surface area contributed by atoms with Gasteiger partial charge in [-0.15, -0.1) is 0 Å². The average Bonchev–Trinajstić information content (AvgIpc) is 2.51. The summed E-state index contributed by atoms with van der Waals surface area (Å²) in [5.74, 6) is -0.184. The Balaban J connectivity index is 3.78. The molecule has 0 radical (unpaired) electrons. The highest BCUT2D eigenvalue weighted by atomic mass is 79.9. The van der Waals surface area contributed by atoms with Crippen molar-refractivity contribution in [3.63, 3.8) is 0 Å². The van der Waals surface area contributed by atoms with Crippen LogP contribution in [0.5, 0.6) is 0 Å². The summed E-state index contributed by atoms with van der Waals surface area (Å²) >= 11 is 3.71. The number of esters is 1. The van der Waals surface area contributed by atoms with Crippen LogP contribution in [-0.4, -0.2) is 17.4 Å². The van der Waals surface area contributed by atoms with Gasteiger partial charge in [0.05, 0.1) is 6.61 Å². The Kier molecular flexibility index (Phi) is 14.1. The summed E-state index contributed by atoms with van der Waals surface area (Å²) in [6.45, 7) is 8.43. The van der Waals surface area contributed by atoms with E-state index in [9.17, 15) is 4.79 Å². The highest BCUT2D eigenvalue weighted by molar-refractivity contribution is 9.09. The molecule has 130 valence electrons. The zero-order valence-electron chi connectivity index (χ0n) is 15.0. The molecule has 0 aromatic carbocycles. The van der Waals surface area contributed by atoms with E-state index >= 15 is 0 Å². The van der Waals surface area contributed by atoms with Gasteiger partial charge < -0.3 is 4.74 Å². The molecule has 0 saturated heterocycles. The number of carbonyl (C=O) groups excluding carboxylic acids is 1. The van der Waals surface area contributed by atoms with Crippen LogP contribution in [0.25, 0.3) is 0 Å². The number of hydrogen-bond acceptors (Lipinski definition) is 2. The molecular weight excluding hydrogens is 340 g/mol. The zero-order valence-corrected chi connectivity index (χ0v) is 16.6. The minimum atomic E-state index is -0.184. The molecule has 0 aromatic heterocycles. The fourth-order valence-corrected chi connectivity index (χ4v) is 3.15. The van der Waals surface area contributed by atoms with Crippen molar-refractivity contribution >= 4 is 21.9 Å². The molecular formula is C19H35BrO2. The van der Waals surface area contributed by atoms with Gasteiger partial charge in [-0.25, -0.2) is 4.79 Å². The maximum atomic E-state index is 11.7. The van der Waals surface area contributed by atoms with Gasteiger partial charge in [-0.3, -0.25) is 0 Å². The molecule has 0 N–H and O–H groups in total. The van der Waals surface area contributed by atoms with Crippen LogP contribution in [0.3, 0.4) is 0 Å². The van der Waals surface area contributed by atoms with Gasteiger partial charge >= 0.3 is 5.97 Å². The first-order chi connectivity index (χ1) is 10.5. The lowest BCUT2D eigenvalue weighted by Crippen LogP contribution is -2.11. The summed E-state index contributed by atoms with van der Waals surface area (Å²) in [7, 11) is 0. The second-order valence-electron chi connectivity index (χ2n) is 6.11. The third-order valence-electron chi connectivity index (χ3n) is 4.20. The van der Waals surface area contributed by atoms with Gasteiger partial charge in [0.15, 0.2) is 0 Å². The molecule has 0 aliphatic rings. The second-order valence-corrected chi connectivity index (χ2v) is 7.22. The third-order valence-corrected chi connectivity index (χ3v) is 5.35. The zero-order chi connectivity index (χ0) is 16.8. The van der Waals surface area contributed by atoms with Crippen molar-refractivity contribution in [3.05, 3.63) is 11.1 Å². The van der Waals surface area contributed by atoms with Gasteiger partial charge in [0.25, 0.3) is 0 Å². The summed E-state index contributed by atoms with van der Waals surface area (Å²) < 4.78 is 5.06. The number of halogens is 1. The molecule has 0 aliphatic carbocycles. The van der Waals surface area contributed by atoms with E-state index in [0.717, 1.165) is 17.6 Å². The molecule has 0 amide bonds. The Morgan fingerprint density at radius 2 is 1.41 bits per heavy atom. The predicted molar refractivity (Wildman–Crippen MR) is 99.6 cm³/mol. The molecule has 0 rings (SSSR count). The Hall–Kier alpha value is -0.310. The van der Waals surface area contributed by atoms with Crippen LogP contribution in [0.15, 0.2) is 11.1 Å². The summed E-state index contributed by atoms with van der Waals surface area (Å²) in [4.78, 5) is 12.0. The van der Waals surface area contributed by atoms with Gasteiger partial charge in [0, 0.05) is 10.4 Å². The minimum Gasteiger partial charge on any atom is -0.463 e. The Labute approximate surface area is 146 Å². The summed E-state index contributed by atoms with van der Waals surface area (Å²) in [5.41, 5.74) is 1.86. The van der Waals surface area contributed by atoms with E-state index in [1.54, 1.807) is 0 Å². The SMILES string of the molecule is CCCCCCCCCCCC(Br)C(C)=C(C)C(=O)OCC. The van der Waals surface area contributed by atoms with Crippen LogP contribution in [0.4, 0.5) is 0 Å². The highest BCUT2D eigenvalue weighted by Gasteiger charge is 2.14. The number of unbranched alkanes of at least 4 members (excludes halogenated alkanes) is 8. The molecule has 22 heavy (non-hydrogen) atoms. The number of alkyl halides is 1. The first kappa shape index (κ1) is 21.7. The van der Waals surface area contributed by atoms with E-state index in [1.165, 1.54) is 57.8 Å². The Bertz CT molecular complexity index is 323. The van der Waals surface area contributed by atoms with Crippen molar-refractivity contribution < 1.29 is 9.53 Å². The molecule has 0 aromatic rings. The van der Waals surface area contributed by atoms with Crippen LogP contribution in [0.2, 0.25) is 0 Å². The maximum Gasteiger partial charge on any atom is 0.333 e. The first-order valence-corrected chi connectivity index (χ1v) is 9.94. The largest absolute Gasteiger partial charge is 0.463 e. The van der Waals surface area contributed by atoms with Crippen LogP contribution < -0.4 is 0 Å². The molecule has 2 nitrogen and oxygen atoms in total. The number of carbonyl (C=O) groups is 1. The normalized spacial score (nSPS) is 13.7. The molecule has 0 heterocycles. The average molecular weight is 375 g/mol. The van der Waals surface area contributed by atoms with Crippen molar-refractivity contribution in [2.24, 2.45) is 0 Å². The molecule has 1 atom stereocenters. The van der Waals surface area contributed by atoms with Crippen molar-refractivity contribution in [2.45, 2.75) is 96.7 Å². The molecule has 1 unspecified atom stereocenters. The molecule has 0 saturated carbocycles. The fraction of sp³-hybridized carbons (Fsp3) is 0.842. The van der Waals surface area contributed by atoms with E-state index in [1.807, 2.05) is 20.8 Å². The van der Waals surface area contributed by atoms with Gasteiger partial charge in [0.2, 0.25) is 0 Å². The smallest absolute Gasteiger partial charge is 0.333 e. The van der Waals surface area contributed by atoms with Gasteiger partial charge in [-0.1, -0.05) is 80.6 Å². The number of hydrogen-bond donors (Lipinski definition) is 0. The van der Waals surface area contributed by atoms with Crippen LogP contribution in [0.1, 0.15) is 91.9 Å². The molecule has 0 fully saturated rings. The third kappa shape index (κ3) is 10.4. The molecule has 0 bridgehead atoms. The van der Waals surface area contributed by atoms with E-state index in [-0.39, 0.29) is 5.97 Å². The summed E-state index contributed by atoms with van der Waals surface area (Å²) in [6, 6.07) is 0. The summed E-state index contributed by atoms with van der Waals surface area (Å²) in [6.07, 6.45) is 13.2. The Morgan fingerprint density at radius 1 is 0.909 bits per heavy atom. The van der Waals surface area contributed by atoms with Crippen LogP contribution in [0, 0.1) is 0 Å². The fourth-order valence-electron chi connectivity index (χ4n) is 2.49. The number of allylic oxidation sites excluding steroid dienone is 1. The van der Waals surface area contributed by atoms with E-state index in [4.69, 9.17) is 4.74 Å². The van der Waals surface area contributed by atoms with Gasteiger partial charge in [-0.2, -0.15) is 0 Å². The van der Waals surface area contributed by atoms with Gasteiger partial charge in [-0.05, 0) is 32.8 Å². The summed E-state index contributed by atoms with van der Waals surface area (Å²) in [5, 5.41) is 0. The Morgan fingerprint density at radius 3 is 1.91 bits per heavy atom.